The maximum absolute atomic E-state index is 12.0. The molecular weight excluding hydrogens is 308 g/mol. The maximum Gasteiger partial charge on any atom is 0.401 e. The van der Waals surface area contributed by atoms with E-state index >= 15 is 0 Å². The van der Waals surface area contributed by atoms with E-state index in [2.05, 4.69) is 14.4 Å². The Morgan fingerprint density at radius 3 is 2.26 bits per heavy atom. The summed E-state index contributed by atoms with van der Waals surface area (Å²) in [4.78, 5) is 52.0. The molecular formula is C14H8N2O7. The normalized spacial score (nSPS) is 13.0. The summed E-state index contributed by atoms with van der Waals surface area (Å²) in [7, 11) is 1.13. The molecule has 0 fully saturated rings. The molecule has 0 spiro atoms. The summed E-state index contributed by atoms with van der Waals surface area (Å²) < 4.78 is 9.04. The molecule has 116 valence electrons. The van der Waals surface area contributed by atoms with E-state index in [-0.39, 0.29) is 16.8 Å². The third-order valence-corrected chi connectivity index (χ3v) is 3.04. The zero-order chi connectivity index (χ0) is 16.6. The van der Waals surface area contributed by atoms with Gasteiger partial charge in [0.25, 0.3) is 11.8 Å². The van der Waals surface area contributed by atoms with Crippen molar-refractivity contribution in [1.29, 1.82) is 0 Å². The van der Waals surface area contributed by atoms with Crippen LogP contribution in [-0.2, 0) is 9.57 Å². The van der Waals surface area contributed by atoms with Crippen molar-refractivity contribution in [2.24, 2.45) is 0 Å². The van der Waals surface area contributed by atoms with Gasteiger partial charge in [-0.3, -0.25) is 9.59 Å². The van der Waals surface area contributed by atoms with Crippen LogP contribution in [0.2, 0.25) is 0 Å². The van der Waals surface area contributed by atoms with E-state index in [1.807, 2.05) is 0 Å². The second-order valence-corrected chi connectivity index (χ2v) is 4.40. The first kappa shape index (κ1) is 14.4. The number of hydrogen-bond donors (Lipinski definition) is 0. The second-order valence-electron chi connectivity index (χ2n) is 4.40. The molecule has 0 bridgehead atoms. The molecule has 3 rings (SSSR count). The highest BCUT2D eigenvalue weighted by Gasteiger charge is 2.39. The summed E-state index contributed by atoms with van der Waals surface area (Å²) in [5, 5.41) is 3.65. The Kier molecular flexibility index (Phi) is 3.37. The van der Waals surface area contributed by atoms with E-state index < -0.39 is 29.5 Å². The zero-order valence-corrected chi connectivity index (χ0v) is 11.6. The molecule has 2 heterocycles. The Bertz CT molecular complexity index is 804. The smallest absolute Gasteiger partial charge is 0.401 e. The number of nitrogens with zero attached hydrogens (tertiary/aromatic N) is 2. The molecule has 0 unspecified atom stereocenters. The summed E-state index contributed by atoms with van der Waals surface area (Å²) in [5.41, 5.74) is -0.00181. The molecule has 0 radical (unpaired) electrons. The van der Waals surface area contributed by atoms with Gasteiger partial charge < -0.3 is 14.1 Å². The first-order valence-electron chi connectivity index (χ1n) is 6.28. The Hall–Kier alpha value is -3.49. The number of esters is 1. The van der Waals surface area contributed by atoms with Crippen molar-refractivity contribution in [1.82, 2.24) is 10.2 Å². The molecule has 1 aromatic carbocycles. The van der Waals surface area contributed by atoms with E-state index in [1.165, 1.54) is 12.1 Å². The van der Waals surface area contributed by atoms with Crippen molar-refractivity contribution in [2.75, 3.05) is 7.11 Å². The van der Waals surface area contributed by atoms with Gasteiger partial charge in [-0.25, -0.2) is 9.59 Å². The number of ether oxygens (including phenoxy) is 1. The lowest BCUT2D eigenvalue weighted by Gasteiger charge is -2.10. The molecule has 1 aliphatic rings. The van der Waals surface area contributed by atoms with Crippen molar-refractivity contribution in [3.63, 3.8) is 0 Å². The molecule has 0 aliphatic carbocycles. The number of carbonyl (C=O) groups excluding carboxylic acids is 4. The standard InChI is InChI=1S/C14H8N2O7/c1-21-13(19)9-6-10(22-15-9)14(20)23-16-11(17)7-4-2-3-5-8(7)12(16)18/h2-6H,1H3. The van der Waals surface area contributed by atoms with E-state index in [1.54, 1.807) is 12.1 Å². The number of fused-ring (bicyclic) bond motifs is 1. The van der Waals surface area contributed by atoms with Crippen molar-refractivity contribution in [3.8, 4) is 0 Å². The van der Waals surface area contributed by atoms with Gasteiger partial charge in [0, 0.05) is 6.07 Å². The van der Waals surface area contributed by atoms with Gasteiger partial charge in [-0.2, -0.15) is 0 Å². The van der Waals surface area contributed by atoms with Crippen LogP contribution in [0.1, 0.15) is 41.8 Å². The average molecular weight is 316 g/mol. The predicted molar refractivity (Wildman–Crippen MR) is 70.2 cm³/mol. The number of hydrogen-bond acceptors (Lipinski definition) is 8. The molecule has 1 aliphatic heterocycles. The first-order valence-corrected chi connectivity index (χ1v) is 6.28. The lowest BCUT2D eigenvalue weighted by atomic mass is 10.1. The summed E-state index contributed by atoms with van der Waals surface area (Å²) in [6.45, 7) is 0. The van der Waals surface area contributed by atoms with Crippen molar-refractivity contribution >= 4 is 23.8 Å². The second kappa shape index (κ2) is 5.37. The Morgan fingerprint density at radius 2 is 1.70 bits per heavy atom. The van der Waals surface area contributed by atoms with Crippen molar-refractivity contribution in [2.45, 2.75) is 0 Å². The molecule has 0 atom stereocenters. The zero-order valence-electron chi connectivity index (χ0n) is 11.6. The quantitative estimate of drug-likeness (QED) is 0.604. The van der Waals surface area contributed by atoms with Crippen LogP contribution in [0.25, 0.3) is 0 Å². The molecule has 2 aromatic rings. The number of aromatic nitrogens is 1. The summed E-state index contributed by atoms with van der Waals surface area (Å²) in [5.74, 6) is -3.96. The fourth-order valence-electron chi connectivity index (χ4n) is 1.95. The van der Waals surface area contributed by atoms with Crippen LogP contribution in [0.3, 0.4) is 0 Å². The van der Waals surface area contributed by atoms with Gasteiger partial charge in [0.05, 0.1) is 18.2 Å². The highest BCUT2D eigenvalue weighted by Crippen LogP contribution is 2.23. The topological polar surface area (TPSA) is 116 Å². The van der Waals surface area contributed by atoms with Gasteiger partial charge in [0.2, 0.25) is 5.76 Å². The van der Waals surface area contributed by atoms with Crippen LogP contribution in [0.5, 0.6) is 0 Å². The Morgan fingerprint density at radius 1 is 1.09 bits per heavy atom. The molecule has 2 amide bonds. The van der Waals surface area contributed by atoms with Crippen molar-refractivity contribution in [3.05, 3.63) is 52.9 Å². The highest BCUT2D eigenvalue weighted by molar-refractivity contribution is 6.21. The number of amides is 2. The monoisotopic (exact) mass is 316 g/mol. The third-order valence-electron chi connectivity index (χ3n) is 3.04. The number of carbonyl (C=O) groups is 4. The SMILES string of the molecule is COC(=O)c1cc(C(=O)ON2C(=O)c3ccccc3C2=O)on1. The first-order chi connectivity index (χ1) is 11.0. The van der Waals surface area contributed by atoms with E-state index in [4.69, 9.17) is 4.84 Å². The number of imide groups is 1. The lowest BCUT2D eigenvalue weighted by molar-refractivity contribution is -0.0607. The molecule has 9 heteroatoms. The molecule has 23 heavy (non-hydrogen) atoms. The van der Waals surface area contributed by atoms with Crippen LogP contribution < -0.4 is 0 Å². The lowest BCUT2D eigenvalue weighted by Crippen LogP contribution is -2.32. The van der Waals surface area contributed by atoms with Gasteiger partial charge in [-0.05, 0) is 12.1 Å². The summed E-state index contributed by atoms with van der Waals surface area (Å²) >= 11 is 0. The highest BCUT2D eigenvalue weighted by atomic mass is 16.7. The number of hydroxylamine groups is 2. The van der Waals surface area contributed by atoms with E-state index in [9.17, 15) is 19.2 Å². The minimum absolute atomic E-state index is 0.123. The summed E-state index contributed by atoms with van der Waals surface area (Å²) in [6, 6.07) is 7.01. The Balaban J connectivity index is 1.79. The third kappa shape index (κ3) is 2.33. The molecule has 1 aromatic heterocycles. The number of rotatable bonds is 3. The fourth-order valence-corrected chi connectivity index (χ4v) is 1.95. The van der Waals surface area contributed by atoms with Gasteiger partial charge in [0.1, 0.15) is 0 Å². The average Bonchev–Trinajstić information content (AvgIpc) is 3.15. The largest absolute Gasteiger partial charge is 0.464 e. The van der Waals surface area contributed by atoms with Crippen LogP contribution in [0, 0.1) is 0 Å². The molecule has 0 saturated heterocycles. The van der Waals surface area contributed by atoms with Gasteiger partial charge in [0.15, 0.2) is 5.69 Å². The predicted octanol–water partition coefficient (Wildman–Crippen LogP) is 0.829. The van der Waals surface area contributed by atoms with Crippen LogP contribution >= 0.6 is 0 Å². The fraction of sp³-hybridized carbons (Fsp3) is 0.0714. The minimum atomic E-state index is -1.15. The van der Waals surface area contributed by atoms with Crippen LogP contribution in [0.4, 0.5) is 0 Å². The van der Waals surface area contributed by atoms with Gasteiger partial charge in [-0.15, -0.1) is 0 Å². The van der Waals surface area contributed by atoms with E-state index in [0.29, 0.717) is 5.06 Å². The van der Waals surface area contributed by atoms with Gasteiger partial charge >= 0.3 is 11.9 Å². The number of methoxy groups -OCH3 is 1. The van der Waals surface area contributed by atoms with Crippen LogP contribution in [0.15, 0.2) is 34.9 Å². The minimum Gasteiger partial charge on any atom is -0.464 e. The van der Waals surface area contributed by atoms with Gasteiger partial charge in [-0.1, -0.05) is 22.4 Å². The number of benzene rings is 1. The maximum atomic E-state index is 12.0. The van der Waals surface area contributed by atoms with Crippen LogP contribution in [-0.4, -0.2) is 41.1 Å². The molecule has 9 nitrogen and oxygen atoms in total. The molecule has 0 N–H and O–H groups in total. The molecule has 0 saturated carbocycles. The van der Waals surface area contributed by atoms with E-state index in [0.717, 1.165) is 13.2 Å². The van der Waals surface area contributed by atoms with Crippen molar-refractivity contribution < 1.29 is 33.3 Å². The summed E-state index contributed by atoms with van der Waals surface area (Å²) in [6.07, 6.45) is 0. The Labute approximate surface area is 128 Å².